The van der Waals surface area contributed by atoms with Gasteiger partial charge in [0.15, 0.2) is 0 Å². The summed E-state index contributed by atoms with van der Waals surface area (Å²) in [7, 11) is 0. The van der Waals surface area contributed by atoms with Crippen LogP contribution in [0.2, 0.25) is 0 Å². The molecule has 21 heavy (non-hydrogen) atoms. The molecular formula is C13H16N6O2. The Morgan fingerprint density at radius 2 is 1.81 bits per heavy atom. The first-order valence-electron chi connectivity index (χ1n) is 6.47. The lowest BCUT2D eigenvalue weighted by atomic mass is 10.3. The molecule has 0 aliphatic heterocycles. The summed E-state index contributed by atoms with van der Waals surface area (Å²) in [6.45, 7) is 2.02. The van der Waals surface area contributed by atoms with E-state index in [-0.39, 0.29) is 5.82 Å². The van der Waals surface area contributed by atoms with Crippen LogP contribution >= 0.6 is 0 Å². The molecule has 110 valence electrons. The average Bonchev–Trinajstić information content (AvgIpc) is 2.89. The highest BCUT2D eigenvalue weighted by atomic mass is 16.2. The van der Waals surface area contributed by atoms with Gasteiger partial charge in [0, 0.05) is 17.8 Å². The molecule has 0 aliphatic carbocycles. The molecule has 0 radical (unpaired) electrons. The maximum atomic E-state index is 11.9. The highest BCUT2D eigenvalue weighted by molar-refractivity contribution is 6.01. The van der Waals surface area contributed by atoms with Crippen molar-refractivity contribution >= 4 is 23.3 Å². The minimum Gasteiger partial charge on any atom is -0.351 e. The molecule has 0 saturated heterocycles. The van der Waals surface area contributed by atoms with E-state index in [1.54, 1.807) is 24.3 Å². The van der Waals surface area contributed by atoms with Gasteiger partial charge >= 0.3 is 6.03 Å². The SMILES string of the molecule is CCCc1nc(C(=O)Nc2ccc(NC(N)=O)cc2)n[nH]1. The number of aryl methyl sites for hydroxylation is 1. The van der Waals surface area contributed by atoms with Gasteiger partial charge in [-0.1, -0.05) is 6.92 Å². The summed E-state index contributed by atoms with van der Waals surface area (Å²) in [6.07, 6.45) is 1.67. The molecule has 0 saturated carbocycles. The fourth-order valence-corrected chi connectivity index (χ4v) is 1.71. The van der Waals surface area contributed by atoms with Gasteiger partial charge in [0.2, 0.25) is 5.82 Å². The summed E-state index contributed by atoms with van der Waals surface area (Å²) in [4.78, 5) is 26.7. The molecule has 0 bridgehead atoms. The van der Waals surface area contributed by atoms with Crippen molar-refractivity contribution in [1.29, 1.82) is 0 Å². The number of carbonyl (C=O) groups is 2. The zero-order chi connectivity index (χ0) is 15.2. The maximum Gasteiger partial charge on any atom is 0.316 e. The second-order valence-corrected chi connectivity index (χ2v) is 4.38. The number of amides is 3. The van der Waals surface area contributed by atoms with E-state index in [0.29, 0.717) is 17.2 Å². The second kappa shape index (κ2) is 6.51. The summed E-state index contributed by atoms with van der Waals surface area (Å²) >= 11 is 0. The van der Waals surface area contributed by atoms with E-state index in [0.717, 1.165) is 12.8 Å². The molecule has 3 amide bonds. The van der Waals surface area contributed by atoms with Gasteiger partial charge in [-0.15, -0.1) is 5.10 Å². The van der Waals surface area contributed by atoms with E-state index >= 15 is 0 Å². The van der Waals surface area contributed by atoms with E-state index in [4.69, 9.17) is 5.73 Å². The summed E-state index contributed by atoms with van der Waals surface area (Å²) in [5.74, 6) is 0.380. The lowest BCUT2D eigenvalue weighted by Crippen LogP contribution is -2.19. The second-order valence-electron chi connectivity index (χ2n) is 4.38. The fourth-order valence-electron chi connectivity index (χ4n) is 1.71. The first-order valence-corrected chi connectivity index (χ1v) is 6.47. The Hall–Kier alpha value is -2.90. The van der Waals surface area contributed by atoms with Gasteiger partial charge in [-0.25, -0.2) is 9.78 Å². The van der Waals surface area contributed by atoms with Gasteiger partial charge in [-0.05, 0) is 30.7 Å². The number of benzene rings is 1. The number of hydrogen-bond donors (Lipinski definition) is 4. The minimum absolute atomic E-state index is 0.0952. The molecular weight excluding hydrogens is 272 g/mol. The number of nitrogens with one attached hydrogen (secondary N) is 3. The lowest BCUT2D eigenvalue weighted by Gasteiger charge is -2.05. The number of aromatic nitrogens is 3. The molecule has 2 aromatic rings. The van der Waals surface area contributed by atoms with E-state index in [9.17, 15) is 9.59 Å². The van der Waals surface area contributed by atoms with Gasteiger partial charge in [-0.3, -0.25) is 9.89 Å². The summed E-state index contributed by atoms with van der Waals surface area (Å²) in [6, 6.07) is 5.89. The number of urea groups is 1. The van der Waals surface area contributed by atoms with Crippen molar-refractivity contribution in [3.63, 3.8) is 0 Å². The van der Waals surface area contributed by atoms with Crippen LogP contribution in [-0.4, -0.2) is 27.1 Å². The Labute approximate surface area is 121 Å². The average molecular weight is 288 g/mol. The van der Waals surface area contributed by atoms with Crippen LogP contribution in [0.5, 0.6) is 0 Å². The lowest BCUT2D eigenvalue weighted by molar-refractivity contribution is 0.101. The van der Waals surface area contributed by atoms with Crippen LogP contribution in [0.3, 0.4) is 0 Å². The van der Waals surface area contributed by atoms with Crippen molar-refractivity contribution in [3.8, 4) is 0 Å². The molecule has 1 heterocycles. The Kier molecular flexibility index (Phi) is 4.50. The quantitative estimate of drug-likeness (QED) is 0.665. The van der Waals surface area contributed by atoms with Gasteiger partial charge in [0.05, 0.1) is 0 Å². The molecule has 1 aromatic heterocycles. The standard InChI is InChI=1S/C13H16N6O2/c1-2-3-10-17-11(19-18-10)12(20)15-8-4-6-9(7-5-8)16-13(14)21/h4-7H,2-3H2,1H3,(H,15,20)(H3,14,16,21)(H,17,18,19). The smallest absolute Gasteiger partial charge is 0.316 e. The molecule has 0 unspecified atom stereocenters. The zero-order valence-corrected chi connectivity index (χ0v) is 11.5. The number of hydrogen-bond acceptors (Lipinski definition) is 4. The van der Waals surface area contributed by atoms with Crippen LogP contribution in [0.25, 0.3) is 0 Å². The Morgan fingerprint density at radius 1 is 1.19 bits per heavy atom. The number of carbonyl (C=O) groups excluding carboxylic acids is 2. The minimum atomic E-state index is -0.643. The number of primary amides is 1. The fraction of sp³-hybridized carbons (Fsp3) is 0.231. The third-order valence-corrected chi connectivity index (χ3v) is 2.63. The van der Waals surface area contributed by atoms with Crippen molar-refractivity contribution in [2.75, 3.05) is 10.6 Å². The zero-order valence-electron chi connectivity index (χ0n) is 11.5. The molecule has 2 rings (SSSR count). The van der Waals surface area contributed by atoms with Gasteiger partial charge < -0.3 is 16.4 Å². The molecule has 8 nitrogen and oxygen atoms in total. The van der Waals surface area contributed by atoms with Gasteiger partial charge in [0.1, 0.15) is 5.82 Å². The van der Waals surface area contributed by atoms with Crippen molar-refractivity contribution in [3.05, 3.63) is 35.9 Å². The predicted molar refractivity (Wildman–Crippen MR) is 78.0 cm³/mol. The van der Waals surface area contributed by atoms with E-state index < -0.39 is 11.9 Å². The van der Waals surface area contributed by atoms with Gasteiger partial charge in [-0.2, -0.15) is 0 Å². The monoisotopic (exact) mass is 288 g/mol. The third kappa shape index (κ3) is 4.03. The van der Waals surface area contributed by atoms with Crippen LogP contribution in [0.4, 0.5) is 16.2 Å². The van der Waals surface area contributed by atoms with Crippen LogP contribution in [0.1, 0.15) is 29.8 Å². The number of rotatable bonds is 5. The van der Waals surface area contributed by atoms with E-state index in [2.05, 4.69) is 25.8 Å². The molecule has 0 aliphatic rings. The van der Waals surface area contributed by atoms with Crippen molar-refractivity contribution < 1.29 is 9.59 Å². The topological polar surface area (TPSA) is 126 Å². The molecule has 0 atom stereocenters. The molecule has 5 N–H and O–H groups in total. The van der Waals surface area contributed by atoms with Crippen molar-refractivity contribution in [2.24, 2.45) is 5.73 Å². The van der Waals surface area contributed by atoms with Crippen LogP contribution in [0.15, 0.2) is 24.3 Å². The summed E-state index contributed by atoms with van der Waals surface area (Å²) in [5.41, 5.74) is 6.12. The Balaban J connectivity index is 1.99. The number of H-pyrrole nitrogens is 1. The van der Waals surface area contributed by atoms with E-state index in [1.165, 1.54) is 0 Å². The first-order chi connectivity index (χ1) is 10.1. The van der Waals surface area contributed by atoms with Crippen LogP contribution in [0, 0.1) is 0 Å². The molecule has 0 fully saturated rings. The van der Waals surface area contributed by atoms with Crippen LogP contribution < -0.4 is 16.4 Å². The highest BCUT2D eigenvalue weighted by Gasteiger charge is 2.12. The third-order valence-electron chi connectivity index (χ3n) is 2.63. The number of aromatic amines is 1. The normalized spacial score (nSPS) is 10.1. The van der Waals surface area contributed by atoms with E-state index in [1.807, 2.05) is 6.92 Å². The highest BCUT2D eigenvalue weighted by Crippen LogP contribution is 2.14. The van der Waals surface area contributed by atoms with Gasteiger partial charge in [0.25, 0.3) is 5.91 Å². The molecule has 8 heteroatoms. The number of nitrogens with two attached hydrogens (primary N) is 1. The largest absolute Gasteiger partial charge is 0.351 e. The molecule has 1 aromatic carbocycles. The maximum absolute atomic E-state index is 11.9. The number of nitrogens with zero attached hydrogens (tertiary/aromatic N) is 2. The van der Waals surface area contributed by atoms with Crippen molar-refractivity contribution in [2.45, 2.75) is 19.8 Å². The Morgan fingerprint density at radius 3 is 2.38 bits per heavy atom. The molecule has 0 spiro atoms. The van der Waals surface area contributed by atoms with Crippen LogP contribution in [-0.2, 0) is 6.42 Å². The predicted octanol–water partition coefficient (Wildman–Crippen LogP) is 1.50. The first kappa shape index (κ1) is 14.5. The Bertz CT molecular complexity index is 634. The van der Waals surface area contributed by atoms with Crippen molar-refractivity contribution in [1.82, 2.24) is 15.2 Å². The summed E-state index contributed by atoms with van der Waals surface area (Å²) in [5, 5.41) is 11.7. The number of anilines is 2. The summed E-state index contributed by atoms with van der Waals surface area (Å²) < 4.78 is 0.